The summed E-state index contributed by atoms with van der Waals surface area (Å²) in [5.74, 6) is 0. The van der Waals surface area contributed by atoms with Gasteiger partial charge in [-0.2, -0.15) is 0 Å². The van der Waals surface area contributed by atoms with Gasteiger partial charge in [0.15, 0.2) is 0 Å². The third kappa shape index (κ3) is 11.1. The molecule has 1 radical (unpaired) electrons. The second-order valence-electron chi connectivity index (χ2n) is 0.866. The van der Waals surface area contributed by atoms with Gasteiger partial charge in [0.1, 0.15) is 0 Å². The van der Waals surface area contributed by atoms with Gasteiger partial charge in [-0.3, -0.25) is 0 Å². The van der Waals surface area contributed by atoms with Crippen LogP contribution in [0.2, 0.25) is 0 Å². The van der Waals surface area contributed by atoms with Crippen molar-refractivity contribution in [3.63, 3.8) is 0 Å². The molecule has 5 heavy (non-hydrogen) atoms. The molecule has 0 aromatic rings. The topological polar surface area (TPSA) is 0 Å². The number of rotatable bonds is 0. The number of hydrogen-bond acceptors (Lipinski definition) is 0. The van der Waals surface area contributed by atoms with Crippen molar-refractivity contribution in [3.8, 4) is 0 Å². The SMILES string of the molecule is [CH-]1CC1.[Cu+].[Li]. The third-order valence-electron chi connectivity index (χ3n) is 0.289. The van der Waals surface area contributed by atoms with Crippen molar-refractivity contribution in [1.82, 2.24) is 0 Å². The van der Waals surface area contributed by atoms with Crippen molar-refractivity contribution < 1.29 is 17.1 Å². The van der Waals surface area contributed by atoms with E-state index in [4.69, 9.17) is 0 Å². The number of hydrogen-bond donors (Lipinski definition) is 0. The monoisotopic (exact) mass is 111 g/mol. The van der Waals surface area contributed by atoms with Crippen molar-refractivity contribution in [2.45, 2.75) is 12.8 Å². The fraction of sp³-hybridized carbons (Fsp3) is 0.667. The smallest absolute Gasteiger partial charge is 0.333 e. The van der Waals surface area contributed by atoms with Gasteiger partial charge in [-0.1, -0.05) is 0 Å². The van der Waals surface area contributed by atoms with Gasteiger partial charge in [0.25, 0.3) is 0 Å². The van der Waals surface area contributed by atoms with Crippen molar-refractivity contribution in [1.29, 1.82) is 0 Å². The summed E-state index contributed by atoms with van der Waals surface area (Å²) in [5.41, 5.74) is 0. The van der Waals surface area contributed by atoms with Gasteiger partial charge in [0.05, 0.1) is 0 Å². The minimum absolute atomic E-state index is 0. The van der Waals surface area contributed by atoms with Crippen LogP contribution in [0.3, 0.4) is 0 Å². The summed E-state index contributed by atoms with van der Waals surface area (Å²) in [6, 6.07) is 0. The first-order chi connectivity index (χ1) is 1.50. The quantitative estimate of drug-likeness (QED) is 0.317. The first-order valence-electron chi connectivity index (χ1n) is 1.32. The van der Waals surface area contributed by atoms with Crippen molar-refractivity contribution in [3.05, 3.63) is 6.42 Å². The molecule has 0 heterocycles. The predicted molar refractivity (Wildman–Crippen MR) is 19.3 cm³/mol. The zero-order valence-corrected chi connectivity index (χ0v) is 4.23. The minimum atomic E-state index is 0. The maximum atomic E-state index is 2.25. The molecule has 0 aromatic carbocycles. The molecule has 1 rings (SSSR count). The summed E-state index contributed by atoms with van der Waals surface area (Å²) in [4.78, 5) is 0. The summed E-state index contributed by atoms with van der Waals surface area (Å²) in [6.45, 7) is 0. The summed E-state index contributed by atoms with van der Waals surface area (Å²) >= 11 is 0. The summed E-state index contributed by atoms with van der Waals surface area (Å²) in [7, 11) is 0. The summed E-state index contributed by atoms with van der Waals surface area (Å²) in [5, 5.41) is 0. The van der Waals surface area contributed by atoms with Crippen LogP contribution in [-0.4, -0.2) is 18.9 Å². The Morgan fingerprint density at radius 2 is 1.40 bits per heavy atom. The molecule has 0 saturated heterocycles. The average Bonchev–Trinajstić information content (AvgIpc) is 1.46. The minimum Gasteiger partial charge on any atom is -0.333 e. The molecule has 0 amide bonds. The van der Waals surface area contributed by atoms with E-state index in [0.717, 1.165) is 0 Å². The van der Waals surface area contributed by atoms with Gasteiger partial charge < -0.3 is 6.42 Å². The van der Waals surface area contributed by atoms with Crippen LogP contribution in [-0.2, 0) is 17.1 Å². The first-order valence-corrected chi connectivity index (χ1v) is 1.32. The summed E-state index contributed by atoms with van der Waals surface area (Å²) in [6.07, 6.45) is 5.00. The van der Waals surface area contributed by atoms with E-state index < -0.39 is 0 Å². The molecule has 0 unspecified atom stereocenters. The van der Waals surface area contributed by atoms with Gasteiger partial charge in [-0.05, 0) is 0 Å². The molecule has 0 N–H and O–H groups in total. The van der Waals surface area contributed by atoms with Gasteiger partial charge in [0, 0.05) is 18.9 Å². The normalized spacial score (nSPS) is 14.4. The van der Waals surface area contributed by atoms with Crippen LogP contribution < -0.4 is 0 Å². The van der Waals surface area contributed by atoms with Crippen LogP contribution in [0.1, 0.15) is 12.8 Å². The Kier molecular flexibility index (Phi) is 9.67. The van der Waals surface area contributed by atoms with E-state index in [1.54, 1.807) is 0 Å². The maximum absolute atomic E-state index is 2.25. The Bertz CT molecular complexity index is 11.6. The summed E-state index contributed by atoms with van der Waals surface area (Å²) < 4.78 is 0. The van der Waals surface area contributed by atoms with Crippen LogP contribution >= 0.6 is 0 Å². The van der Waals surface area contributed by atoms with Crippen LogP contribution in [0.5, 0.6) is 0 Å². The fourth-order valence-corrected chi connectivity index (χ4v) is 0. The van der Waals surface area contributed by atoms with Crippen LogP contribution in [0.15, 0.2) is 0 Å². The second kappa shape index (κ2) is 5.12. The fourth-order valence-electron chi connectivity index (χ4n) is 0. The Labute approximate surface area is 55.4 Å². The van der Waals surface area contributed by atoms with Gasteiger partial charge in [-0.25, -0.2) is 12.8 Å². The maximum Gasteiger partial charge on any atom is 1.00 e. The molecule has 2 heteroatoms. The van der Waals surface area contributed by atoms with Crippen molar-refractivity contribution >= 4 is 18.9 Å². The van der Waals surface area contributed by atoms with Crippen LogP contribution in [0.25, 0.3) is 0 Å². The molecule has 1 aliphatic carbocycles. The van der Waals surface area contributed by atoms with Crippen molar-refractivity contribution in [2.24, 2.45) is 0 Å². The van der Waals surface area contributed by atoms with Crippen LogP contribution in [0.4, 0.5) is 0 Å². The molecule has 1 saturated carbocycles. The second-order valence-corrected chi connectivity index (χ2v) is 0.866. The van der Waals surface area contributed by atoms with E-state index in [1.807, 2.05) is 0 Å². The van der Waals surface area contributed by atoms with Gasteiger partial charge in [-0.15, -0.1) is 0 Å². The van der Waals surface area contributed by atoms with E-state index in [1.165, 1.54) is 12.8 Å². The Balaban J connectivity index is 0. The molecule has 0 spiro atoms. The molecule has 0 aromatic heterocycles. The molecule has 0 nitrogen and oxygen atoms in total. The average molecular weight is 112 g/mol. The predicted octanol–water partition coefficient (Wildman–Crippen LogP) is 0.601. The zero-order valence-electron chi connectivity index (χ0n) is 3.29. The molecule has 0 bridgehead atoms. The third-order valence-corrected chi connectivity index (χ3v) is 0.289. The molecule has 1 aliphatic rings. The standard InChI is InChI=1S/C3H5.Cu.Li/c1-2-3-1;;/h1H,2-3H2;;/q-1;+1;. The van der Waals surface area contributed by atoms with E-state index >= 15 is 0 Å². The molecular weight excluding hydrogens is 107 g/mol. The Hall–Kier alpha value is 1.12. The molecule has 1 fully saturated rings. The Morgan fingerprint density at radius 3 is 1.40 bits per heavy atom. The van der Waals surface area contributed by atoms with Crippen LogP contribution in [0, 0.1) is 6.42 Å². The molecule has 0 aliphatic heterocycles. The van der Waals surface area contributed by atoms with E-state index in [0.29, 0.717) is 0 Å². The zero-order chi connectivity index (χ0) is 2.12. The van der Waals surface area contributed by atoms with E-state index in [2.05, 4.69) is 6.42 Å². The molecule has 29 valence electrons. The first kappa shape index (κ1) is 9.45. The van der Waals surface area contributed by atoms with Gasteiger partial charge >= 0.3 is 17.1 Å². The molecule has 0 atom stereocenters. The van der Waals surface area contributed by atoms with E-state index in [9.17, 15) is 0 Å². The van der Waals surface area contributed by atoms with E-state index in [-0.39, 0.29) is 35.9 Å². The largest absolute Gasteiger partial charge is 1.00 e. The Morgan fingerprint density at radius 1 is 1.20 bits per heavy atom. The van der Waals surface area contributed by atoms with Crippen molar-refractivity contribution in [2.75, 3.05) is 0 Å². The molecular formula is C3H5CuLi. The van der Waals surface area contributed by atoms with Gasteiger partial charge in [0.2, 0.25) is 0 Å².